The largest absolute Gasteiger partial charge is 0.393 e. The van der Waals surface area contributed by atoms with Gasteiger partial charge in [-0.2, -0.15) is 4.98 Å². The van der Waals surface area contributed by atoms with Gasteiger partial charge in [-0.3, -0.25) is 0 Å². The van der Waals surface area contributed by atoms with Gasteiger partial charge in [0, 0.05) is 17.0 Å². The molecule has 1 aromatic carbocycles. The molecule has 1 heterocycles. The molecular formula is C12H13ClN2O2. The molecule has 90 valence electrons. The summed E-state index contributed by atoms with van der Waals surface area (Å²) in [6.07, 6.45) is 0.819. The number of aliphatic hydroxyl groups is 1. The van der Waals surface area contributed by atoms with Gasteiger partial charge in [-0.05, 0) is 25.5 Å². The molecule has 0 amide bonds. The van der Waals surface area contributed by atoms with Crippen LogP contribution in [0.25, 0.3) is 11.4 Å². The van der Waals surface area contributed by atoms with Crippen LogP contribution >= 0.6 is 11.6 Å². The molecule has 4 nitrogen and oxygen atoms in total. The zero-order valence-electron chi connectivity index (χ0n) is 9.43. The minimum Gasteiger partial charge on any atom is -0.393 e. The summed E-state index contributed by atoms with van der Waals surface area (Å²) in [5, 5.41) is 13.7. The normalized spacial score (nSPS) is 12.6. The zero-order valence-corrected chi connectivity index (χ0v) is 10.2. The van der Waals surface area contributed by atoms with Crippen molar-refractivity contribution < 1.29 is 9.63 Å². The monoisotopic (exact) mass is 252 g/mol. The number of halogens is 1. The molecule has 1 atom stereocenters. The van der Waals surface area contributed by atoms with E-state index in [9.17, 15) is 0 Å². The zero-order chi connectivity index (χ0) is 12.3. The van der Waals surface area contributed by atoms with Gasteiger partial charge >= 0.3 is 0 Å². The van der Waals surface area contributed by atoms with Gasteiger partial charge in [0.1, 0.15) is 0 Å². The lowest BCUT2D eigenvalue weighted by molar-refractivity contribution is 0.180. The van der Waals surface area contributed by atoms with Crippen molar-refractivity contribution in [1.82, 2.24) is 10.1 Å². The number of hydrogen-bond acceptors (Lipinski definition) is 4. The van der Waals surface area contributed by atoms with E-state index in [0.717, 1.165) is 5.56 Å². The van der Waals surface area contributed by atoms with Crippen molar-refractivity contribution in [2.75, 3.05) is 0 Å². The van der Waals surface area contributed by atoms with Gasteiger partial charge in [0.15, 0.2) is 0 Å². The molecular weight excluding hydrogens is 240 g/mol. The maximum Gasteiger partial charge on any atom is 0.227 e. The Labute approximate surface area is 104 Å². The van der Waals surface area contributed by atoms with Crippen molar-refractivity contribution >= 4 is 11.6 Å². The Morgan fingerprint density at radius 3 is 3.00 bits per heavy atom. The van der Waals surface area contributed by atoms with E-state index in [-0.39, 0.29) is 6.10 Å². The summed E-state index contributed by atoms with van der Waals surface area (Å²) in [7, 11) is 0. The number of aliphatic hydroxyl groups excluding tert-OH is 1. The van der Waals surface area contributed by atoms with E-state index >= 15 is 0 Å². The maximum atomic E-state index is 9.17. The molecule has 0 fully saturated rings. The summed E-state index contributed by atoms with van der Waals surface area (Å²) in [6, 6.07) is 7.28. The van der Waals surface area contributed by atoms with Crippen molar-refractivity contribution in [3.63, 3.8) is 0 Å². The third-order valence-electron chi connectivity index (χ3n) is 2.33. The number of nitrogens with zero attached hydrogens (tertiary/aromatic N) is 2. The fourth-order valence-electron chi connectivity index (χ4n) is 1.43. The van der Waals surface area contributed by atoms with Gasteiger partial charge in [-0.25, -0.2) is 0 Å². The molecule has 0 aliphatic heterocycles. The first-order chi connectivity index (χ1) is 8.15. The number of rotatable bonds is 4. The highest BCUT2D eigenvalue weighted by Gasteiger charge is 2.09. The quantitative estimate of drug-likeness (QED) is 0.909. The fraction of sp³-hybridized carbons (Fsp3) is 0.333. The molecule has 0 aliphatic carbocycles. The smallest absolute Gasteiger partial charge is 0.227 e. The van der Waals surface area contributed by atoms with Crippen LogP contribution in [-0.4, -0.2) is 21.4 Å². The first kappa shape index (κ1) is 12.1. The first-order valence-corrected chi connectivity index (χ1v) is 5.79. The van der Waals surface area contributed by atoms with E-state index in [1.807, 2.05) is 12.1 Å². The molecule has 1 unspecified atom stereocenters. The predicted octanol–water partition coefficient (Wildman–Crippen LogP) is 2.70. The van der Waals surface area contributed by atoms with Gasteiger partial charge in [-0.1, -0.05) is 28.9 Å². The van der Waals surface area contributed by atoms with Gasteiger partial charge in [-0.15, -0.1) is 0 Å². The fourth-order valence-corrected chi connectivity index (χ4v) is 1.62. The minimum atomic E-state index is -0.364. The van der Waals surface area contributed by atoms with E-state index < -0.39 is 0 Å². The summed E-state index contributed by atoms with van der Waals surface area (Å²) in [4.78, 5) is 4.25. The minimum absolute atomic E-state index is 0.364. The Hall–Kier alpha value is -1.39. The Morgan fingerprint density at radius 1 is 1.47 bits per heavy atom. The maximum absolute atomic E-state index is 9.17. The van der Waals surface area contributed by atoms with Crippen LogP contribution in [0.2, 0.25) is 5.02 Å². The average molecular weight is 253 g/mol. The number of aromatic nitrogens is 2. The second-order valence-electron chi connectivity index (χ2n) is 3.91. The lowest BCUT2D eigenvalue weighted by Gasteiger charge is -1.98. The van der Waals surface area contributed by atoms with Crippen LogP contribution in [0.3, 0.4) is 0 Å². The average Bonchev–Trinajstić information content (AvgIpc) is 2.75. The topological polar surface area (TPSA) is 59.2 Å². The van der Waals surface area contributed by atoms with Crippen LogP contribution in [0, 0.1) is 0 Å². The van der Waals surface area contributed by atoms with E-state index in [2.05, 4.69) is 10.1 Å². The van der Waals surface area contributed by atoms with Gasteiger partial charge in [0.2, 0.25) is 11.7 Å². The summed E-state index contributed by atoms with van der Waals surface area (Å²) in [6.45, 7) is 1.73. The van der Waals surface area contributed by atoms with Gasteiger partial charge in [0.05, 0.1) is 6.10 Å². The molecule has 0 aliphatic rings. The van der Waals surface area contributed by atoms with Gasteiger partial charge < -0.3 is 9.63 Å². The standard InChI is InChI=1S/C12H13ClN2O2/c1-8(16)5-6-11-14-12(15-17-11)9-3-2-4-10(13)7-9/h2-4,7-8,16H,5-6H2,1H3. The summed E-state index contributed by atoms with van der Waals surface area (Å²) >= 11 is 5.89. The molecule has 1 aromatic heterocycles. The summed E-state index contributed by atoms with van der Waals surface area (Å²) < 4.78 is 5.09. The van der Waals surface area contributed by atoms with Crippen molar-refractivity contribution in [2.45, 2.75) is 25.9 Å². The van der Waals surface area contributed by atoms with Gasteiger partial charge in [0.25, 0.3) is 0 Å². The number of aryl methyl sites for hydroxylation is 1. The highest BCUT2D eigenvalue weighted by atomic mass is 35.5. The summed E-state index contributed by atoms with van der Waals surface area (Å²) in [5.74, 6) is 1.05. The molecule has 0 saturated heterocycles. The van der Waals surface area contributed by atoms with Crippen LogP contribution in [-0.2, 0) is 6.42 Å². The Balaban J connectivity index is 2.12. The molecule has 5 heteroatoms. The molecule has 17 heavy (non-hydrogen) atoms. The SMILES string of the molecule is CC(O)CCc1nc(-c2cccc(Cl)c2)no1. The predicted molar refractivity (Wildman–Crippen MR) is 64.7 cm³/mol. The summed E-state index contributed by atoms with van der Waals surface area (Å²) in [5.41, 5.74) is 0.824. The molecule has 2 rings (SSSR count). The van der Waals surface area contributed by atoms with E-state index in [0.29, 0.717) is 29.6 Å². The third-order valence-corrected chi connectivity index (χ3v) is 2.56. The molecule has 0 radical (unpaired) electrons. The van der Waals surface area contributed by atoms with Crippen LogP contribution < -0.4 is 0 Å². The molecule has 0 spiro atoms. The van der Waals surface area contributed by atoms with Crippen molar-refractivity contribution in [1.29, 1.82) is 0 Å². The third kappa shape index (κ3) is 3.28. The van der Waals surface area contributed by atoms with E-state index in [4.69, 9.17) is 21.2 Å². The second-order valence-corrected chi connectivity index (χ2v) is 4.35. The van der Waals surface area contributed by atoms with Crippen molar-refractivity contribution in [3.8, 4) is 11.4 Å². The molecule has 2 aromatic rings. The van der Waals surface area contributed by atoms with Crippen molar-refractivity contribution in [2.24, 2.45) is 0 Å². The van der Waals surface area contributed by atoms with E-state index in [1.54, 1.807) is 19.1 Å². The second kappa shape index (κ2) is 5.29. The highest BCUT2D eigenvalue weighted by Crippen LogP contribution is 2.20. The molecule has 0 bridgehead atoms. The Morgan fingerprint density at radius 2 is 2.29 bits per heavy atom. The first-order valence-electron chi connectivity index (χ1n) is 5.42. The number of hydrogen-bond donors (Lipinski definition) is 1. The highest BCUT2D eigenvalue weighted by molar-refractivity contribution is 6.30. The van der Waals surface area contributed by atoms with Crippen LogP contribution in [0.4, 0.5) is 0 Å². The van der Waals surface area contributed by atoms with E-state index in [1.165, 1.54) is 0 Å². The van der Waals surface area contributed by atoms with Crippen LogP contribution in [0.5, 0.6) is 0 Å². The lowest BCUT2D eigenvalue weighted by Crippen LogP contribution is -2.01. The van der Waals surface area contributed by atoms with Crippen LogP contribution in [0.15, 0.2) is 28.8 Å². The Kier molecular flexibility index (Phi) is 3.76. The molecule has 0 saturated carbocycles. The van der Waals surface area contributed by atoms with Crippen LogP contribution in [0.1, 0.15) is 19.2 Å². The lowest BCUT2D eigenvalue weighted by atomic mass is 10.2. The Bertz CT molecular complexity index is 497. The number of benzene rings is 1. The molecule has 1 N–H and O–H groups in total. The van der Waals surface area contributed by atoms with Crippen molar-refractivity contribution in [3.05, 3.63) is 35.2 Å².